The third-order valence-corrected chi connectivity index (χ3v) is 11.7. The molecule has 0 bridgehead atoms. The number of benzene rings is 2. The minimum atomic E-state index is -1.69. The van der Waals surface area contributed by atoms with Gasteiger partial charge in [-0.05, 0) is 74.0 Å². The van der Waals surface area contributed by atoms with Crippen LogP contribution in [0.15, 0.2) is 36.4 Å². The average molecular weight is 412 g/mol. The van der Waals surface area contributed by atoms with Gasteiger partial charge in [-0.2, -0.15) is 0 Å². The molecule has 0 N–H and O–H groups in total. The Hall–Kier alpha value is -1.14. The molecule has 1 aliphatic heterocycles. The van der Waals surface area contributed by atoms with Crippen LogP contribution >= 0.6 is 0 Å². The molecular formula is C24H37BO3Si. The van der Waals surface area contributed by atoms with Crippen LogP contribution in [0.25, 0.3) is 10.8 Å². The molecule has 1 saturated heterocycles. The zero-order chi connectivity index (χ0) is 21.7. The molecule has 1 aliphatic rings. The number of hydrogen-bond donors (Lipinski definition) is 0. The SMILES string of the molecule is CC1(C)OB(c2ccc3cc(CCO[Si](C)(C)C(C)(C)C)ccc3c2)OC1(C)C. The molecule has 0 radical (unpaired) electrons. The maximum absolute atomic E-state index is 6.34. The van der Waals surface area contributed by atoms with Gasteiger partial charge in [-0.15, -0.1) is 0 Å². The summed E-state index contributed by atoms with van der Waals surface area (Å²) in [5.41, 5.74) is 1.76. The van der Waals surface area contributed by atoms with Gasteiger partial charge < -0.3 is 13.7 Å². The highest BCUT2D eigenvalue weighted by Crippen LogP contribution is 2.37. The quantitative estimate of drug-likeness (QED) is 0.590. The zero-order valence-corrected chi connectivity index (χ0v) is 20.7. The van der Waals surface area contributed by atoms with Crippen molar-refractivity contribution >= 4 is 31.7 Å². The second kappa shape index (κ2) is 7.53. The minimum Gasteiger partial charge on any atom is -0.416 e. The molecule has 2 aromatic rings. The van der Waals surface area contributed by atoms with Gasteiger partial charge >= 0.3 is 7.12 Å². The summed E-state index contributed by atoms with van der Waals surface area (Å²) >= 11 is 0. The van der Waals surface area contributed by atoms with Gasteiger partial charge in [-0.3, -0.25) is 0 Å². The summed E-state index contributed by atoms with van der Waals surface area (Å²) < 4.78 is 18.7. The van der Waals surface area contributed by atoms with Crippen molar-refractivity contribution in [2.75, 3.05) is 6.61 Å². The van der Waals surface area contributed by atoms with Gasteiger partial charge in [0.25, 0.3) is 0 Å². The summed E-state index contributed by atoms with van der Waals surface area (Å²) in [5, 5.41) is 2.71. The van der Waals surface area contributed by atoms with Crippen molar-refractivity contribution in [3.8, 4) is 0 Å². The van der Waals surface area contributed by atoms with Crippen LogP contribution in [-0.4, -0.2) is 33.2 Å². The molecule has 0 saturated carbocycles. The van der Waals surface area contributed by atoms with Crippen molar-refractivity contribution in [2.24, 2.45) is 0 Å². The van der Waals surface area contributed by atoms with Gasteiger partial charge in [0, 0.05) is 6.61 Å². The molecular weight excluding hydrogens is 375 g/mol. The number of fused-ring (bicyclic) bond motifs is 1. The van der Waals surface area contributed by atoms with Crippen LogP contribution in [0, 0.1) is 0 Å². The first-order chi connectivity index (χ1) is 13.2. The molecule has 3 rings (SSSR count). The lowest BCUT2D eigenvalue weighted by Gasteiger charge is -2.36. The molecule has 1 heterocycles. The molecule has 29 heavy (non-hydrogen) atoms. The van der Waals surface area contributed by atoms with E-state index in [4.69, 9.17) is 13.7 Å². The lowest BCUT2D eigenvalue weighted by Crippen LogP contribution is -2.41. The van der Waals surface area contributed by atoms with Gasteiger partial charge in [0.05, 0.1) is 11.2 Å². The van der Waals surface area contributed by atoms with E-state index in [1.165, 1.54) is 16.3 Å². The fourth-order valence-corrected chi connectivity index (χ4v) is 4.28. The first-order valence-electron chi connectivity index (χ1n) is 10.7. The molecule has 0 spiro atoms. The van der Waals surface area contributed by atoms with Crippen LogP contribution in [0.4, 0.5) is 0 Å². The predicted molar refractivity (Wildman–Crippen MR) is 127 cm³/mol. The lowest BCUT2D eigenvalue weighted by atomic mass is 9.78. The van der Waals surface area contributed by atoms with E-state index in [1.54, 1.807) is 0 Å². The van der Waals surface area contributed by atoms with E-state index >= 15 is 0 Å². The fraction of sp³-hybridized carbons (Fsp3) is 0.583. The van der Waals surface area contributed by atoms with Crippen LogP contribution < -0.4 is 5.46 Å². The van der Waals surface area contributed by atoms with Crippen molar-refractivity contribution in [2.45, 2.75) is 84.2 Å². The Labute approximate surface area is 178 Å². The summed E-state index contributed by atoms with van der Waals surface area (Å²) in [6.07, 6.45) is 0.946. The largest absolute Gasteiger partial charge is 0.494 e. The second-order valence-corrected chi connectivity index (χ2v) is 15.7. The van der Waals surface area contributed by atoms with E-state index in [0.717, 1.165) is 18.5 Å². The van der Waals surface area contributed by atoms with E-state index < -0.39 is 8.32 Å². The van der Waals surface area contributed by atoms with Gasteiger partial charge in [-0.25, -0.2) is 0 Å². The van der Waals surface area contributed by atoms with E-state index in [0.29, 0.717) is 0 Å². The van der Waals surface area contributed by atoms with Crippen LogP contribution in [-0.2, 0) is 20.2 Å². The maximum Gasteiger partial charge on any atom is 0.494 e. The van der Waals surface area contributed by atoms with Crippen LogP contribution in [0.1, 0.15) is 54.0 Å². The standard InChI is InChI=1S/C24H37BO3Si/c1-22(2,3)29(8,9)26-15-14-18-10-11-20-17-21(13-12-19(20)16-18)25-27-23(4,5)24(6,7)28-25/h10-13,16-17H,14-15H2,1-9H3. The van der Waals surface area contributed by atoms with Gasteiger partial charge in [0.15, 0.2) is 8.32 Å². The van der Waals surface area contributed by atoms with Gasteiger partial charge in [-0.1, -0.05) is 57.2 Å². The average Bonchev–Trinajstić information content (AvgIpc) is 2.81. The van der Waals surface area contributed by atoms with Crippen molar-refractivity contribution in [1.29, 1.82) is 0 Å². The molecule has 158 valence electrons. The summed E-state index contributed by atoms with van der Waals surface area (Å²) in [6.45, 7) is 20.6. The Balaban J connectivity index is 1.70. The van der Waals surface area contributed by atoms with Crippen molar-refractivity contribution in [3.05, 3.63) is 42.0 Å². The van der Waals surface area contributed by atoms with Crippen LogP contribution in [0.5, 0.6) is 0 Å². The summed E-state index contributed by atoms with van der Waals surface area (Å²) in [5.74, 6) is 0. The normalized spacial score (nSPS) is 19.1. The Kier molecular flexibility index (Phi) is 5.85. The molecule has 5 heteroatoms. The molecule has 0 aliphatic carbocycles. The van der Waals surface area contributed by atoms with Crippen LogP contribution in [0.2, 0.25) is 18.1 Å². The van der Waals surface area contributed by atoms with E-state index in [2.05, 4.69) is 98.0 Å². The minimum absolute atomic E-state index is 0.250. The highest BCUT2D eigenvalue weighted by Gasteiger charge is 2.51. The number of rotatable bonds is 5. The summed E-state index contributed by atoms with van der Waals surface area (Å²) in [7, 11) is -2.00. The highest BCUT2D eigenvalue weighted by atomic mass is 28.4. The van der Waals surface area contributed by atoms with E-state index in [9.17, 15) is 0 Å². The molecule has 1 fully saturated rings. The number of hydrogen-bond acceptors (Lipinski definition) is 3. The molecule has 0 amide bonds. The molecule has 0 atom stereocenters. The molecule has 3 nitrogen and oxygen atoms in total. The van der Waals surface area contributed by atoms with Crippen molar-refractivity contribution in [1.82, 2.24) is 0 Å². The third-order valence-electron chi connectivity index (χ3n) is 7.11. The molecule has 0 unspecified atom stereocenters. The highest BCUT2D eigenvalue weighted by molar-refractivity contribution is 6.74. The first kappa shape index (κ1) is 22.5. The first-order valence-corrected chi connectivity index (χ1v) is 13.6. The Morgan fingerprint density at radius 3 is 2.03 bits per heavy atom. The summed E-state index contributed by atoms with van der Waals surface area (Å²) in [6, 6.07) is 13.2. The maximum atomic E-state index is 6.34. The Bertz CT molecular complexity index is 867. The van der Waals surface area contributed by atoms with Crippen molar-refractivity contribution in [3.63, 3.8) is 0 Å². The van der Waals surface area contributed by atoms with Gasteiger partial charge in [0.2, 0.25) is 0 Å². The smallest absolute Gasteiger partial charge is 0.416 e. The van der Waals surface area contributed by atoms with E-state index in [1.807, 2.05) is 0 Å². The van der Waals surface area contributed by atoms with Gasteiger partial charge in [0.1, 0.15) is 0 Å². The second-order valence-electron chi connectivity index (χ2n) is 10.9. The third kappa shape index (κ3) is 4.63. The fourth-order valence-electron chi connectivity index (χ4n) is 3.24. The lowest BCUT2D eigenvalue weighted by molar-refractivity contribution is 0.00578. The topological polar surface area (TPSA) is 27.7 Å². The monoisotopic (exact) mass is 412 g/mol. The summed E-state index contributed by atoms with van der Waals surface area (Å²) in [4.78, 5) is 0. The Morgan fingerprint density at radius 1 is 0.897 bits per heavy atom. The molecule has 2 aromatic carbocycles. The van der Waals surface area contributed by atoms with Crippen LogP contribution in [0.3, 0.4) is 0 Å². The predicted octanol–water partition coefficient (Wildman–Crippen LogP) is 5.70. The Morgan fingerprint density at radius 2 is 1.45 bits per heavy atom. The van der Waals surface area contributed by atoms with E-state index in [-0.39, 0.29) is 23.4 Å². The molecule has 0 aromatic heterocycles. The zero-order valence-electron chi connectivity index (χ0n) is 19.7. The van der Waals surface area contributed by atoms with Crippen molar-refractivity contribution < 1.29 is 13.7 Å².